The second-order valence-corrected chi connectivity index (χ2v) is 6.27. The Kier molecular flexibility index (Phi) is 7.29. The lowest BCUT2D eigenvalue weighted by molar-refractivity contribution is -0.0685. The van der Waals surface area contributed by atoms with E-state index in [1.807, 2.05) is 0 Å². The molecule has 0 aliphatic carbocycles. The Hall–Kier alpha value is -0.160. The molecule has 1 aliphatic heterocycles. The lowest BCUT2D eigenvalue weighted by Gasteiger charge is -2.36. The molecule has 0 aromatic rings. The van der Waals surface area contributed by atoms with Gasteiger partial charge in [-0.05, 0) is 53.1 Å². The van der Waals surface area contributed by atoms with Crippen LogP contribution >= 0.6 is 0 Å². The van der Waals surface area contributed by atoms with Crippen molar-refractivity contribution in [2.75, 3.05) is 32.8 Å². The van der Waals surface area contributed by atoms with Crippen molar-refractivity contribution in [3.63, 3.8) is 0 Å². The van der Waals surface area contributed by atoms with Crippen molar-refractivity contribution in [1.29, 1.82) is 0 Å². The van der Waals surface area contributed by atoms with Crippen molar-refractivity contribution in [2.45, 2.75) is 64.7 Å². The van der Waals surface area contributed by atoms with Crippen LogP contribution in [-0.2, 0) is 4.74 Å². The minimum absolute atomic E-state index is 0.125. The Balaban J connectivity index is 2.27. The highest BCUT2D eigenvalue weighted by atomic mass is 16.5. The molecule has 1 aliphatic rings. The molecule has 3 atom stereocenters. The van der Waals surface area contributed by atoms with Crippen LogP contribution in [0.2, 0.25) is 0 Å². The summed E-state index contributed by atoms with van der Waals surface area (Å²) in [6, 6.07) is 0. The highest BCUT2D eigenvalue weighted by molar-refractivity contribution is 4.83. The maximum atomic E-state index is 9.54. The van der Waals surface area contributed by atoms with E-state index in [0.717, 1.165) is 45.4 Å². The Morgan fingerprint density at radius 2 is 1.95 bits per heavy atom. The van der Waals surface area contributed by atoms with Gasteiger partial charge in [-0.2, -0.15) is 0 Å². The van der Waals surface area contributed by atoms with Crippen molar-refractivity contribution < 1.29 is 9.84 Å². The molecule has 1 saturated heterocycles. The van der Waals surface area contributed by atoms with Crippen LogP contribution in [0.5, 0.6) is 0 Å². The molecule has 4 heteroatoms. The van der Waals surface area contributed by atoms with Gasteiger partial charge in [0.1, 0.15) is 0 Å². The van der Waals surface area contributed by atoms with Gasteiger partial charge in [0, 0.05) is 18.6 Å². The molecule has 0 bridgehead atoms. The molecule has 1 rings (SSSR count). The topological polar surface area (TPSA) is 44.7 Å². The fourth-order valence-corrected chi connectivity index (χ4v) is 2.81. The summed E-state index contributed by atoms with van der Waals surface area (Å²) in [7, 11) is 0. The summed E-state index contributed by atoms with van der Waals surface area (Å²) in [5, 5.41) is 13.0. The zero-order valence-corrected chi connectivity index (χ0v) is 13.1. The van der Waals surface area contributed by atoms with Gasteiger partial charge in [-0.25, -0.2) is 0 Å². The quantitative estimate of drug-likeness (QED) is 0.705. The average Bonchev–Trinajstić information content (AvgIpc) is 2.35. The maximum Gasteiger partial charge on any atom is 0.0678 e. The Morgan fingerprint density at radius 3 is 2.47 bits per heavy atom. The zero-order chi connectivity index (χ0) is 14.3. The summed E-state index contributed by atoms with van der Waals surface area (Å²) < 4.78 is 5.74. The highest BCUT2D eigenvalue weighted by Crippen LogP contribution is 2.15. The fourth-order valence-electron chi connectivity index (χ4n) is 2.81. The smallest absolute Gasteiger partial charge is 0.0678 e. The summed E-state index contributed by atoms with van der Waals surface area (Å²) in [6.07, 6.45) is 3.92. The Bertz CT molecular complexity index is 240. The van der Waals surface area contributed by atoms with Gasteiger partial charge in [0.15, 0.2) is 0 Å². The van der Waals surface area contributed by atoms with E-state index < -0.39 is 0 Å². The Labute approximate surface area is 118 Å². The number of morpholine rings is 1. The van der Waals surface area contributed by atoms with E-state index in [-0.39, 0.29) is 12.1 Å². The normalized spacial score (nSPS) is 28.3. The number of aliphatic hydroxyl groups excluding tert-OH is 1. The van der Waals surface area contributed by atoms with Crippen LogP contribution in [0.4, 0.5) is 0 Å². The van der Waals surface area contributed by atoms with Gasteiger partial charge in [0.25, 0.3) is 0 Å². The predicted octanol–water partition coefficient (Wildman–Crippen LogP) is 1.63. The molecular formula is C15H32N2O2. The molecule has 0 aromatic carbocycles. The van der Waals surface area contributed by atoms with Gasteiger partial charge in [0.2, 0.25) is 0 Å². The van der Waals surface area contributed by atoms with Crippen LogP contribution in [0, 0.1) is 0 Å². The minimum atomic E-state index is -0.125. The largest absolute Gasteiger partial charge is 0.394 e. The molecule has 0 spiro atoms. The molecule has 0 saturated carbocycles. The molecule has 2 N–H and O–H groups in total. The number of nitrogens with one attached hydrogen (secondary N) is 1. The molecule has 1 unspecified atom stereocenters. The first-order valence-electron chi connectivity index (χ1n) is 7.73. The van der Waals surface area contributed by atoms with Crippen LogP contribution in [0.3, 0.4) is 0 Å². The van der Waals surface area contributed by atoms with Crippen LogP contribution in [0.25, 0.3) is 0 Å². The zero-order valence-electron chi connectivity index (χ0n) is 13.1. The van der Waals surface area contributed by atoms with Crippen molar-refractivity contribution >= 4 is 0 Å². The van der Waals surface area contributed by atoms with Crippen LogP contribution < -0.4 is 5.32 Å². The first-order chi connectivity index (χ1) is 8.99. The van der Waals surface area contributed by atoms with E-state index in [1.165, 1.54) is 0 Å². The maximum absolute atomic E-state index is 9.54. The number of ether oxygens (including phenoxy) is 1. The molecule has 0 amide bonds. The van der Waals surface area contributed by atoms with Gasteiger partial charge in [-0.3, -0.25) is 4.90 Å². The van der Waals surface area contributed by atoms with Crippen molar-refractivity contribution in [3.8, 4) is 0 Å². The van der Waals surface area contributed by atoms with E-state index in [2.05, 4.69) is 37.9 Å². The number of rotatable bonds is 8. The number of aliphatic hydroxyl groups is 1. The summed E-state index contributed by atoms with van der Waals surface area (Å²) in [5.74, 6) is 0. The second kappa shape index (κ2) is 8.20. The van der Waals surface area contributed by atoms with Gasteiger partial charge >= 0.3 is 0 Å². The second-order valence-electron chi connectivity index (χ2n) is 6.27. The van der Waals surface area contributed by atoms with Crippen molar-refractivity contribution in [3.05, 3.63) is 0 Å². The standard InChI is InChI=1S/C15H32N2O2/c1-5-8-16-15(4,12-18)7-6-9-17-10-13(2)19-14(3)11-17/h13-14,16,18H,5-12H2,1-4H3/t13-,14+,15?. The average molecular weight is 272 g/mol. The number of hydrogen-bond donors (Lipinski definition) is 2. The highest BCUT2D eigenvalue weighted by Gasteiger charge is 2.24. The molecule has 1 fully saturated rings. The molecular weight excluding hydrogens is 240 g/mol. The third-order valence-electron chi connectivity index (χ3n) is 3.85. The van der Waals surface area contributed by atoms with Gasteiger partial charge in [0.05, 0.1) is 18.8 Å². The molecule has 114 valence electrons. The van der Waals surface area contributed by atoms with Crippen LogP contribution in [0.1, 0.15) is 47.0 Å². The molecule has 0 aromatic heterocycles. The third-order valence-corrected chi connectivity index (χ3v) is 3.85. The number of nitrogens with zero attached hydrogens (tertiary/aromatic N) is 1. The van der Waals surface area contributed by atoms with Crippen LogP contribution in [0.15, 0.2) is 0 Å². The molecule has 19 heavy (non-hydrogen) atoms. The summed E-state index contributed by atoms with van der Waals surface area (Å²) in [4.78, 5) is 2.48. The molecule has 1 heterocycles. The Morgan fingerprint density at radius 1 is 1.32 bits per heavy atom. The van der Waals surface area contributed by atoms with E-state index in [4.69, 9.17) is 4.74 Å². The first-order valence-corrected chi connectivity index (χ1v) is 7.73. The lowest BCUT2D eigenvalue weighted by Crippen LogP contribution is -2.48. The predicted molar refractivity (Wildman–Crippen MR) is 79.5 cm³/mol. The monoisotopic (exact) mass is 272 g/mol. The first kappa shape index (κ1) is 16.9. The van der Waals surface area contributed by atoms with E-state index in [1.54, 1.807) is 0 Å². The number of hydrogen-bond acceptors (Lipinski definition) is 4. The van der Waals surface area contributed by atoms with Crippen molar-refractivity contribution in [2.24, 2.45) is 0 Å². The van der Waals surface area contributed by atoms with E-state index >= 15 is 0 Å². The summed E-state index contributed by atoms with van der Waals surface area (Å²) in [5.41, 5.74) is -0.125. The molecule has 4 nitrogen and oxygen atoms in total. The third kappa shape index (κ3) is 6.21. The van der Waals surface area contributed by atoms with Gasteiger partial charge in [-0.15, -0.1) is 0 Å². The summed E-state index contributed by atoms with van der Waals surface area (Å²) in [6.45, 7) is 12.9. The molecule has 0 radical (unpaired) electrons. The van der Waals surface area contributed by atoms with Crippen molar-refractivity contribution in [1.82, 2.24) is 10.2 Å². The minimum Gasteiger partial charge on any atom is -0.394 e. The fraction of sp³-hybridized carbons (Fsp3) is 1.00. The van der Waals surface area contributed by atoms with Gasteiger partial charge < -0.3 is 15.2 Å². The van der Waals surface area contributed by atoms with Gasteiger partial charge in [-0.1, -0.05) is 6.92 Å². The van der Waals surface area contributed by atoms with E-state index in [9.17, 15) is 5.11 Å². The lowest BCUT2D eigenvalue weighted by atomic mass is 9.96. The van der Waals surface area contributed by atoms with E-state index in [0.29, 0.717) is 12.2 Å². The summed E-state index contributed by atoms with van der Waals surface area (Å²) >= 11 is 0. The SMILES string of the molecule is CCCNC(C)(CO)CCCN1C[C@@H](C)O[C@@H](C)C1. The van der Waals surface area contributed by atoms with Crippen LogP contribution in [-0.4, -0.2) is 60.5 Å².